The highest BCUT2D eigenvalue weighted by Crippen LogP contribution is 2.16. The van der Waals surface area contributed by atoms with Crippen LogP contribution in [0.5, 0.6) is 0 Å². The van der Waals surface area contributed by atoms with Crippen LogP contribution in [0.4, 0.5) is 0 Å². The molecule has 19 heavy (non-hydrogen) atoms. The molecular weight excluding hydrogens is 240 g/mol. The van der Waals surface area contributed by atoms with Gasteiger partial charge in [-0.2, -0.15) is 5.10 Å². The molecule has 0 unspecified atom stereocenters. The van der Waals surface area contributed by atoms with Gasteiger partial charge in [-0.25, -0.2) is 4.68 Å². The molecular formula is C14H16N4O. The molecule has 98 valence electrons. The Balaban J connectivity index is 1.86. The maximum absolute atomic E-state index is 11.8. The summed E-state index contributed by atoms with van der Waals surface area (Å²) in [6.07, 6.45) is 3.46. The first kappa shape index (κ1) is 12.0. The second kappa shape index (κ2) is 4.93. The van der Waals surface area contributed by atoms with Crippen molar-refractivity contribution in [2.24, 2.45) is 5.92 Å². The zero-order valence-corrected chi connectivity index (χ0v) is 10.9. The maximum Gasteiger partial charge on any atom is 0.266 e. The monoisotopic (exact) mass is 256 g/mol. The minimum absolute atomic E-state index is 0.0349. The molecule has 0 N–H and O–H groups in total. The van der Waals surface area contributed by atoms with Crippen LogP contribution in [0.15, 0.2) is 41.5 Å². The summed E-state index contributed by atoms with van der Waals surface area (Å²) >= 11 is 0. The smallest absolute Gasteiger partial charge is 0.266 e. The van der Waals surface area contributed by atoms with Crippen molar-refractivity contribution in [3.63, 3.8) is 0 Å². The Hall–Kier alpha value is -2.01. The van der Waals surface area contributed by atoms with Crippen molar-refractivity contribution in [2.75, 3.05) is 20.1 Å². The van der Waals surface area contributed by atoms with E-state index in [0.717, 1.165) is 24.3 Å². The van der Waals surface area contributed by atoms with Gasteiger partial charge in [-0.05, 0) is 25.2 Å². The summed E-state index contributed by atoms with van der Waals surface area (Å²) in [4.78, 5) is 18.1. The Labute approximate surface area is 111 Å². The highest BCUT2D eigenvalue weighted by molar-refractivity contribution is 5.56. The molecule has 0 aliphatic carbocycles. The third-order valence-electron chi connectivity index (χ3n) is 3.41. The SMILES string of the molecule is CN1CC(Cn2nc(-c3ccncc3)ccc2=O)C1. The Bertz CT molecular complexity index is 617. The standard InChI is InChI=1S/C14H16N4O/c1-17-8-11(9-17)10-18-14(19)3-2-13(16-18)12-4-6-15-7-5-12/h2-7,11H,8-10H2,1H3. The number of hydrogen-bond acceptors (Lipinski definition) is 4. The number of pyridine rings is 1. The summed E-state index contributed by atoms with van der Waals surface area (Å²) in [6.45, 7) is 2.77. The predicted octanol–water partition coefficient (Wildman–Crippen LogP) is 0.867. The molecule has 5 nitrogen and oxygen atoms in total. The van der Waals surface area contributed by atoms with E-state index < -0.39 is 0 Å². The van der Waals surface area contributed by atoms with Gasteiger partial charge in [0.25, 0.3) is 5.56 Å². The fraction of sp³-hybridized carbons (Fsp3) is 0.357. The van der Waals surface area contributed by atoms with Gasteiger partial charge < -0.3 is 4.90 Å². The first-order valence-corrected chi connectivity index (χ1v) is 6.39. The highest BCUT2D eigenvalue weighted by atomic mass is 16.1. The van der Waals surface area contributed by atoms with E-state index in [9.17, 15) is 4.79 Å². The number of rotatable bonds is 3. The molecule has 5 heteroatoms. The fourth-order valence-corrected chi connectivity index (χ4v) is 2.44. The molecule has 3 heterocycles. The van der Waals surface area contributed by atoms with Crippen molar-refractivity contribution >= 4 is 0 Å². The maximum atomic E-state index is 11.8. The number of nitrogens with zero attached hydrogens (tertiary/aromatic N) is 4. The molecule has 0 aromatic carbocycles. The lowest BCUT2D eigenvalue weighted by Crippen LogP contribution is -2.47. The van der Waals surface area contributed by atoms with Gasteiger partial charge in [-0.15, -0.1) is 0 Å². The molecule has 1 fully saturated rings. The van der Waals surface area contributed by atoms with Crippen molar-refractivity contribution in [1.82, 2.24) is 19.7 Å². The molecule has 2 aromatic heterocycles. The molecule has 1 aliphatic rings. The molecule has 0 amide bonds. The third-order valence-corrected chi connectivity index (χ3v) is 3.41. The van der Waals surface area contributed by atoms with Gasteiger partial charge >= 0.3 is 0 Å². The van der Waals surface area contributed by atoms with Crippen LogP contribution in [0.3, 0.4) is 0 Å². The Morgan fingerprint density at radius 2 is 1.95 bits per heavy atom. The molecule has 0 saturated carbocycles. The van der Waals surface area contributed by atoms with Crippen molar-refractivity contribution in [3.05, 3.63) is 47.0 Å². The van der Waals surface area contributed by atoms with Gasteiger partial charge in [0, 0.05) is 43.0 Å². The summed E-state index contributed by atoms with van der Waals surface area (Å²) in [5.41, 5.74) is 1.76. The van der Waals surface area contributed by atoms with Crippen LogP contribution in [0.2, 0.25) is 0 Å². The van der Waals surface area contributed by atoms with Crippen LogP contribution in [-0.2, 0) is 6.54 Å². The van der Waals surface area contributed by atoms with Gasteiger partial charge in [0.15, 0.2) is 0 Å². The Morgan fingerprint density at radius 1 is 1.21 bits per heavy atom. The van der Waals surface area contributed by atoms with E-state index in [4.69, 9.17) is 0 Å². The molecule has 3 rings (SSSR count). The van der Waals surface area contributed by atoms with Crippen molar-refractivity contribution < 1.29 is 0 Å². The van der Waals surface area contributed by atoms with Crippen LogP contribution < -0.4 is 5.56 Å². The Kier molecular flexibility index (Phi) is 3.13. The van der Waals surface area contributed by atoms with E-state index in [1.807, 2.05) is 12.1 Å². The number of aromatic nitrogens is 3. The average molecular weight is 256 g/mol. The second-order valence-corrected chi connectivity index (χ2v) is 5.06. The minimum atomic E-state index is -0.0349. The zero-order valence-electron chi connectivity index (χ0n) is 10.9. The fourth-order valence-electron chi connectivity index (χ4n) is 2.44. The molecule has 2 aromatic rings. The van der Waals surface area contributed by atoms with Gasteiger partial charge in [0.05, 0.1) is 12.2 Å². The van der Waals surface area contributed by atoms with E-state index in [-0.39, 0.29) is 5.56 Å². The van der Waals surface area contributed by atoms with Crippen LogP contribution in [0.25, 0.3) is 11.3 Å². The Morgan fingerprint density at radius 3 is 2.63 bits per heavy atom. The van der Waals surface area contributed by atoms with Gasteiger partial charge in [-0.3, -0.25) is 9.78 Å². The molecule has 0 spiro atoms. The summed E-state index contributed by atoms with van der Waals surface area (Å²) in [6, 6.07) is 7.15. The van der Waals surface area contributed by atoms with Crippen molar-refractivity contribution in [3.8, 4) is 11.3 Å². The normalized spacial score (nSPS) is 16.3. The first-order chi connectivity index (χ1) is 9.22. The molecule has 0 atom stereocenters. The van der Waals surface area contributed by atoms with Crippen LogP contribution in [0.1, 0.15) is 0 Å². The lowest BCUT2D eigenvalue weighted by Gasteiger charge is -2.36. The highest BCUT2D eigenvalue weighted by Gasteiger charge is 2.24. The lowest BCUT2D eigenvalue weighted by atomic mass is 10.0. The summed E-state index contributed by atoms with van der Waals surface area (Å²) < 4.78 is 1.58. The first-order valence-electron chi connectivity index (χ1n) is 6.39. The number of hydrogen-bond donors (Lipinski definition) is 0. The van der Waals surface area contributed by atoms with Gasteiger partial charge in [0.1, 0.15) is 0 Å². The predicted molar refractivity (Wildman–Crippen MR) is 72.7 cm³/mol. The topological polar surface area (TPSA) is 51.0 Å². The molecule has 1 saturated heterocycles. The van der Waals surface area contributed by atoms with Gasteiger partial charge in [-0.1, -0.05) is 0 Å². The van der Waals surface area contributed by atoms with Crippen LogP contribution in [0, 0.1) is 5.92 Å². The lowest BCUT2D eigenvalue weighted by molar-refractivity contribution is 0.114. The molecule has 0 bridgehead atoms. The zero-order chi connectivity index (χ0) is 13.2. The van der Waals surface area contributed by atoms with E-state index in [0.29, 0.717) is 12.5 Å². The van der Waals surface area contributed by atoms with Crippen LogP contribution in [-0.4, -0.2) is 39.8 Å². The summed E-state index contributed by atoms with van der Waals surface area (Å²) in [5, 5.41) is 4.45. The minimum Gasteiger partial charge on any atom is -0.306 e. The third kappa shape index (κ3) is 2.56. The number of likely N-dealkylation sites (tertiary alicyclic amines) is 1. The summed E-state index contributed by atoms with van der Waals surface area (Å²) in [7, 11) is 2.08. The summed E-state index contributed by atoms with van der Waals surface area (Å²) in [5.74, 6) is 0.530. The quantitative estimate of drug-likeness (QED) is 0.817. The largest absolute Gasteiger partial charge is 0.306 e. The van der Waals surface area contributed by atoms with E-state index in [1.54, 1.807) is 29.2 Å². The van der Waals surface area contributed by atoms with E-state index >= 15 is 0 Å². The van der Waals surface area contributed by atoms with E-state index in [1.165, 1.54) is 0 Å². The van der Waals surface area contributed by atoms with E-state index in [2.05, 4.69) is 22.0 Å². The molecule has 1 aliphatic heterocycles. The molecule has 0 radical (unpaired) electrons. The van der Waals surface area contributed by atoms with Crippen molar-refractivity contribution in [2.45, 2.75) is 6.54 Å². The average Bonchev–Trinajstić information content (AvgIpc) is 2.40. The van der Waals surface area contributed by atoms with Gasteiger partial charge in [0.2, 0.25) is 0 Å². The second-order valence-electron chi connectivity index (χ2n) is 5.06. The van der Waals surface area contributed by atoms with Crippen LogP contribution >= 0.6 is 0 Å². The van der Waals surface area contributed by atoms with Crippen molar-refractivity contribution in [1.29, 1.82) is 0 Å².